The van der Waals surface area contributed by atoms with E-state index < -0.39 is 23.0 Å². The summed E-state index contributed by atoms with van der Waals surface area (Å²) >= 11 is 8.27. The summed E-state index contributed by atoms with van der Waals surface area (Å²) in [4.78, 5) is 10.3. The van der Waals surface area contributed by atoms with Crippen molar-refractivity contribution in [1.29, 1.82) is 0 Å². The van der Waals surface area contributed by atoms with Crippen LogP contribution in [-0.2, 0) is 0 Å². The number of fused-ring (bicyclic) bond motifs is 1. The van der Waals surface area contributed by atoms with Gasteiger partial charge in [0.2, 0.25) is 3.83 Å². The van der Waals surface area contributed by atoms with E-state index in [0.717, 1.165) is 12.8 Å². The van der Waals surface area contributed by atoms with Gasteiger partial charge >= 0.3 is 0 Å². The van der Waals surface area contributed by atoms with Crippen molar-refractivity contribution in [3.05, 3.63) is 38.6 Å². The Labute approximate surface area is 171 Å². The monoisotopic (exact) mass is 507 g/mol. The van der Waals surface area contributed by atoms with Crippen LogP contribution >= 0.6 is 34.2 Å². The Bertz CT molecular complexity index is 1010. The largest absolute Gasteiger partial charge is 0.356 e. The van der Waals surface area contributed by atoms with E-state index in [1.807, 2.05) is 27.5 Å². The standard InChI is InChI=1S/C17H14ClF3IN5/c1-8-2-4-26(5-3-8)15-13(12-10(20)6-9(19)7-11(12)21)14(18)23-17-24-16(22)25-27(15)17/h6-8H,2-5H2,1H3. The van der Waals surface area contributed by atoms with Crippen molar-refractivity contribution in [2.75, 3.05) is 18.0 Å². The summed E-state index contributed by atoms with van der Waals surface area (Å²) in [5.74, 6) is -1.88. The quantitative estimate of drug-likeness (QED) is 0.373. The van der Waals surface area contributed by atoms with Crippen molar-refractivity contribution in [1.82, 2.24) is 19.6 Å². The summed E-state index contributed by atoms with van der Waals surface area (Å²) in [5, 5.41) is 4.21. The number of rotatable bonds is 2. The topological polar surface area (TPSA) is 46.3 Å². The third-order valence-corrected chi connectivity index (χ3v) is 5.46. The zero-order valence-corrected chi connectivity index (χ0v) is 17.1. The van der Waals surface area contributed by atoms with E-state index in [-0.39, 0.29) is 16.5 Å². The maximum absolute atomic E-state index is 14.6. The fourth-order valence-corrected chi connectivity index (χ4v) is 4.03. The molecule has 3 aromatic rings. The molecule has 1 aliphatic rings. The highest BCUT2D eigenvalue weighted by atomic mass is 127. The van der Waals surface area contributed by atoms with Crippen LogP contribution in [0.2, 0.25) is 5.15 Å². The molecule has 142 valence electrons. The Morgan fingerprint density at radius 2 is 1.70 bits per heavy atom. The SMILES string of the molecule is CC1CCN(c2c(-c3c(F)cc(F)cc3F)c(Cl)nc3nc(I)nn23)CC1. The molecule has 1 aliphatic heterocycles. The van der Waals surface area contributed by atoms with Crippen LogP contribution in [-0.4, -0.2) is 32.7 Å². The molecular weight excluding hydrogens is 494 g/mol. The molecule has 1 fully saturated rings. The summed E-state index contributed by atoms with van der Waals surface area (Å²) in [6.45, 7) is 3.50. The van der Waals surface area contributed by atoms with Gasteiger partial charge in [0.1, 0.15) is 28.4 Å². The molecule has 0 atom stereocenters. The van der Waals surface area contributed by atoms with Gasteiger partial charge in [0.05, 0.1) is 11.1 Å². The molecule has 4 rings (SSSR count). The first kappa shape index (κ1) is 18.7. The van der Waals surface area contributed by atoms with Gasteiger partial charge in [-0.15, -0.1) is 5.10 Å². The molecule has 0 N–H and O–H groups in total. The van der Waals surface area contributed by atoms with Gasteiger partial charge in [-0.3, -0.25) is 0 Å². The lowest BCUT2D eigenvalue weighted by Crippen LogP contribution is -2.35. The fraction of sp³-hybridized carbons (Fsp3) is 0.353. The highest BCUT2D eigenvalue weighted by Gasteiger charge is 2.29. The molecule has 5 nitrogen and oxygen atoms in total. The summed E-state index contributed by atoms with van der Waals surface area (Å²) < 4.78 is 44.4. The summed E-state index contributed by atoms with van der Waals surface area (Å²) in [6, 6.07) is 1.26. The van der Waals surface area contributed by atoms with E-state index in [9.17, 15) is 13.2 Å². The van der Waals surface area contributed by atoms with Crippen molar-refractivity contribution in [3.8, 4) is 11.1 Å². The van der Waals surface area contributed by atoms with Gasteiger partial charge in [-0.05, 0) is 18.8 Å². The molecule has 0 amide bonds. The summed E-state index contributed by atoms with van der Waals surface area (Å²) in [6.07, 6.45) is 1.84. The lowest BCUT2D eigenvalue weighted by molar-refractivity contribution is 0.435. The summed E-state index contributed by atoms with van der Waals surface area (Å²) in [5.41, 5.74) is -0.370. The predicted molar refractivity (Wildman–Crippen MR) is 104 cm³/mol. The highest BCUT2D eigenvalue weighted by Crippen LogP contribution is 2.40. The van der Waals surface area contributed by atoms with Crippen LogP contribution in [0.25, 0.3) is 16.9 Å². The first-order valence-corrected chi connectivity index (χ1v) is 9.82. The molecular formula is C17H14ClF3IN5. The van der Waals surface area contributed by atoms with E-state index in [4.69, 9.17) is 11.6 Å². The van der Waals surface area contributed by atoms with Crippen molar-refractivity contribution in [3.63, 3.8) is 0 Å². The number of aromatic nitrogens is 4. The minimum atomic E-state index is -1.04. The van der Waals surface area contributed by atoms with Crippen LogP contribution < -0.4 is 4.90 Å². The fourth-order valence-electron chi connectivity index (χ4n) is 3.34. The van der Waals surface area contributed by atoms with Gasteiger partial charge in [-0.2, -0.15) is 14.5 Å². The Kier molecular flexibility index (Phi) is 4.91. The molecule has 0 unspecified atom stereocenters. The zero-order valence-electron chi connectivity index (χ0n) is 14.2. The third kappa shape index (κ3) is 3.35. The molecule has 10 heteroatoms. The minimum Gasteiger partial charge on any atom is -0.356 e. The number of nitrogens with zero attached hydrogens (tertiary/aromatic N) is 5. The second-order valence-corrected chi connectivity index (χ2v) is 7.93. The van der Waals surface area contributed by atoms with Gasteiger partial charge < -0.3 is 4.90 Å². The van der Waals surface area contributed by atoms with E-state index in [0.29, 0.717) is 40.8 Å². The van der Waals surface area contributed by atoms with Gasteiger partial charge in [0.25, 0.3) is 5.78 Å². The molecule has 0 radical (unpaired) electrons. The third-order valence-electron chi connectivity index (χ3n) is 4.73. The number of benzene rings is 1. The second-order valence-electron chi connectivity index (χ2n) is 6.61. The van der Waals surface area contributed by atoms with Crippen LogP contribution in [0, 0.1) is 27.2 Å². The maximum atomic E-state index is 14.6. The van der Waals surface area contributed by atoms with Crippen molar-refractivity contribution in [2.45, 2.75) is 19.8 Å². The number of piperidine rings is 1. The maximum Gasteiger partial charge on any atom is 0.256 e. The lowest BCUT2D eigenvalue weighted by atomic mass is 9.98. The first-order valence-electron chi connectivity index (χ1n) is 8.36. The van der Waals surface area contributed by atoms with Crippen LogP contribution in [0.15, 0.2) is 12.1 Å². The number of halogens is 5. The Morgan fingerprint density at radius 1 is 1.07 bits per heavy atom. The van der Waals surface area contributed by atoms with Crippen molar-refractivity contribution >= 4 is 45.8 Å². The second kappa shape index (κ2) is 7.08. The van der Waals surface area contributed by atoms with Crippen LogP contribution in [0.4, 0.5) is 19.0 Å². The van der Waals surface area contributed by atoms with Crippen molar-refractivity contribution < 1.29 is 13.2 Å². The average Bonchev–Trinajstić information content (AvgIpc) is 2.95. The minimum absolute atomic E-state index is 0.0509. The number of hydrogen-bond donors (Lipinski definition) is 0. The molecule has 2 aromatic heterocycles. The Balaban J connectivity index is 2.03. The molecule has 0 aliphatic carbocycles. The van der Waals surface area contributed by atoms with E-state index >= 15 is 0 Å². The molecule has 27 heavy (non-hydrogen) atoms. The smallest absolute Gasteiger partial charge is 0.256 e. The molecule has 1 saturated heterocycles. The molecule has 0 spiro atoms. The molecule has 3 heterocycles. The predicted octanol–water partition coefficient (Wildman–Crippen LogP) is 4.70. The normalized spacial score (nSPS) is 15.7. The first-order chi connectivity index (χ1) is 12.8. The van der Waals surface area contributed by atoms with Crippen LogP contribution in [0.5, 0.6) is 0 Å². The number of anilines is 1. The molecule has 0 bridgehead atoms. The lowest BCUT2D eigenvalue weighted by Gasteiger charge is -2.33. The molecule has 1 aromatic carbocycles. The Morgan fingerprint density at radius 3 is 2.33 bits per heavy atom. The zero-order chi connectivity index (χ0) is 19.3. The molecule has 0 saturated carbocycles. The van der Waals surface area contributed by atoms with Crippen LogP contribution in [0.3, 0.4) is 0 Å². The van der Waals surface area contributed by atoms with E-state index in [2.05, 4.69) is 22.0 Å². The Hall–Kier alpha value is -1.62. The van der Waals surface area contributed by atoms with E-state index in [1.165, 1.54) is 4.52 Å². The number of hydrogen-bond acceptors (Lipinski definition) is 4. The van der Waals surface area contributed by atoms with Gasteiger partial charge in [0.15, 0.2) is 0 Å². The highest BCUT2D eigenvalue weighted by molar-refractivity contribution is 14.1. The van der Waals surface area contributed by atoms with Gasteiger partial charge in [-0.25, -0.2) is 13.2 Å². The van der Waals surface area contributed by atoms with E-state index in [1.54, 1.807) is 0 Å². The van der Waals surface area contributed by atoms with Gasteiger partial charge in [0, 0.05) is 47.8 Å². The van der Waals surface area contributed by atoms with Crippen LogP contribution in [0.1, 0.15) is 19.8 Å². The summed E-state index contributed by atoms with van der Waals surface area (Å²) in [7, 11) is 0. The average molecular weight is 508 g/mol. The van der Waals surface area contributed by atoms with Gasteiger partial charge in [-0.1, -0.05) is 18.5 Å². The van der Waals surface area contributed by atoms with Crippen molar-refractivity contribution in [2.24, 2.45) is 5.92 Å².